The van der Waals surface area contributed by atoms with Crippen molar-refractivity contribution >= 4 is 6.09 Å². The lowest BCUT2D eigenvalue weighted by molar-refractivity contribution is -0.0215. The number of nitrogens with one attached hydrogen (secondary N) is 1. The zero-order valence-electron chi connectivity index (χ0n) is 25.6. The van der Waals surface area contributed by atoms with Crippen molar-refractivity contribution in [2.24, 2.45) is 0 Å². The third-order valence-electron chi connectivity index (χ3n) is 6.55. The van der Waals surface area contributed by atoms with Gasteiger partial charge in [-0.15, -0.1) is 0 Å². The molecule has 0 spiro atoms. The van der Waals surface area contributed by atoms with Crippen molar-refractivity contribution in [3.05, 3.63) is 72.5 Å². The van der Waals surface area contributed by atoms with Crippen LogP contribution >= 0.6 is 0 Å². The van der Waals surface area contributed by atoms with E-state index in [0.717, 1.165) is 0 Å². The molecule has 0 bridgehead atoms. The van der Waals surface area contributed by atoms with Crippen LogP contribution in [0.1, 0.15) is 17.0 Å². The Bertz CT molecular complexity index is 1010. The molecule has 11 nitrogen and oxygen atoms in total. The molecule has 0 saturated carbocycles. The first-order valence-electron chi connectivity index (χ1n) is 15.2. The van der Waals surface area contributed by atoms with Gasteiger partial charge in [-0.1, -0.05) is 55.1 Å². The second-order valence-electron chi connectivity index (χ2n) is 9.58. The van der Waals surface area contributed by atoms with E-state index in [1.807, 2.05) is 24.3 Å². The van der Waals surface area contributed by atoms with E-state index in [1.54, 1.807) is 0 Å². The normalized spacial score (nSPS) is 12.1. The van der Waals surface area contributed by atoms with Crippen molar-refractivity contribution < 1.29 is 47.4 Å². The molecule has 0 aromatic heterocycles. The molecule has 244 valence electrons. The average molecular weight is 618 g/mol. The summed E-state index contributed by atoms with van der Waals surface area (Å²) in [7, 11) is 0. The largest absolute Gasteiger partial charge is 0.499 e. The lowest BCUT2D eigenvalue weighted by atomic mass is 9.98. The van der Waals surface area contributed by atoms with Crippen molar-refractivity contribution in [3.63, 3.8) is 0 Å². The Morgan fingerprint density at radius 3 is 1.41 bits per heavy atom. The number of hydrogen-bond donors (Lipinski definition) is 1. The number of fused-ring (bicyclic) bond motifs is 3. The molecule has 1 aliphatic rings. The Kier molecular flexibility index (Phi) is 18.8. The highest BCUT2D eigenvalue weighted by molar-refractivity contribution is 5.79. The number of carbonyl (C=O) groups is 1. The van der Waals surface area contributed by atoms with Crippen molar-refractivity contribution in [1.82, 2.24) is 5.32 Å². The van der Waals surface area contributed by atoms with E-state index >= 15 is 0 Å². The smallest absolute Gasteiger partial charge is 0.407 e. The summed E-state index contributed by atoms with van der Waals surface area (Å²) < 4.78 is 48.6. The fourth-order valence-electron chi connectivity index (χ4n) is 4.49. The van der Waals surface area contributed by atoms with Crippen molar-refractivity contribution in [2.45, 2.75) is 5.92 Å². The van der Waals surface area contributed by atoms with Gasteiger partial charge in [-0.2, -0.15) is 0 Å². The van der Waals surface area contributed by atoms with E-state index in [0.29, 0.717) is 112 Å². The average Bonchev–Trinajstić information content (AvgIpc) is 3.37. The number of carbonyl (C=O) groups excluding carboxylic acids is 1. The second kappa shape index (κ2) is 23.4. The summed E-state index contributed by atoms with van der Waals surface area (Å²) in [6, 6.07) is 16.5. The zero-order valence-corrected chi connectivity index (χ0v) is 25.6. The van der Waals surface area contributed by atoms with Gasteiger partial charge >= 0.3 is 6.09 Å². The molecule has 44 heavy (non-hydrogen) atoms. The summed E-state index contributed by atoms with van der Waals surface area (Å²) in [6.07, 6.45) is 0.944. The molecule has 1 aliphatic carbocycles. The van der Waals surface area contributed by atoms with Gasteiger partial charge in [0.2, 0.25) is 0 Å². The summed E-state index contributed by atoms with van der Waals surface area (Å²) in [5.41, 5.74) is 4.78. The van der Waals surface area contributed by atoms with Crippen LogP contribution in [0.2, 0.25) is 0 Å². The SMILES string of the molecule is C=COCCOCCOCCOCCOCCOCCOCCOCCNC(=O)OCC1c2ccccc2-c2ccccc21. The van der Waals surface area contributed by atoms with Crippen LogP contribution in [0.5, 0.6) is 0 Å². The minimum absolute atomic E-state index is 0.0418. The minimum Gasteiger partial charge on any atom is -0.499 e. The van der Waals surface area contributed by atoms with E-state index < -0.39 is 6.09 Å². The number of rotatable bonds is 27. The van der Waals surface area contributed by atoms with Crippen molar-refractivity contribution in [1.29, 1.82) is 0 Å². The standard InChI is InChI=1S/C33H47NO10/c1-2-36-13-14-38-17-18-40-21-22-42-25-26-43-24-23-41-20-19-39-16-15-37-12-11-34-33(35)44-27-32-30-9-5-3-7-28(30)29-8-4-6-10-31(29)32/h2-10,32H,1,11-27H2,(H,34,35). The summed E-state index contributed by atoms with van der Waals surface area (Å²) in [4.78, 5) is 12.2. The molecule has 0 saturated heterocycles. The molecule has 0 unspecified atom stereocenters. The van der Waals surface area contributed by atoms with Crippen molar-refractivity contribution in [2.75, 3.05) is 112 Å². The highest BCUT2D eigenvalue weighted by Gasteiger charge is 2.28. The van der Waals surface area contributed by atoms with Crippen LogP contribution in [0, 0.1) is 0 Å². The maximum Gasteiger partial charge on any atom is 0.407 e. The second-order valence-corrected chi connectivity index (χ2v) is 9.58. The number of alkyl carbamates (subject to hydrolysis) is 1. The van der Waals surface area contributed by atoms with Crippen LogP contribution < -0.4 is 5.32 Å². The Balaban J connectivity index is 1.02. The highest BCUT2D eigenvalue weighted by atomic mass is 16.6. The molecule has 0 heterocycles. The molecule has 3 rings (SSSR count). The van der Waals surface area contributed by atoms with E-state index in [-0.39, 0.29) is 5.92 Å². The van der Waals surface area contributed by atoms with Gasteiger partial charge in [0.1, 0.15) is 13.2 Å². The number of ether oxygens (including phenoxy) is 9. The number of benzene rings is 2. The minimum atomic E-state index is -0.449. The fourth-order valence-corrected chi connectivity index (χ4v) is 4.49. The van der Waals surface area contributed by atoms with E-state index in [1.165, 1.54) is 28.5 Å². The van der Waals surface area contributed by atoms with Crippen LogP contribution in [0.15, 0.2) is 61.4 Å². The Morgan fingerprint density at radius 1 is 0.591 bits per heavy atom. The predicted molar refractivity (Wildman–Crippen MR) is 165 cm³/mol. The molecule has 1 amide bonds. The Labute approximate surface area is 260 Å². The molecule has 0 aliphatic heterocycles. The molecule has 0 fully saturated rings. The van der Waals surface area contributed by atoms with Gasteiger partial charge in [0.15, 0.2) is 0 Å². The zero-order chi connectivity index (χ0) is 30.9. The topological polar surface area (TPSA) is 112 Å². The first-order valence-corrected chi connectivity index (χ1v) is 15.2. The summed E-state index contributed by atoms with van der Waals surface area (Å²) in [5, 5.41) is 2.74. The van der Waals surface area contributed by atoms with Gasteiger partial charge in [0.25, 0.3) is 0 Å². The molecule has 0 radical (unpaired) electrons. The fraction of sp³-hybridized carbons (Fsp3) is 0.545. The lowest BCUT2D eigenvalue weighted by Gasteiger charge is -2.14. The molecule has 0 atom stereocenters. The maximum atomic E-state index is 12.2. The van der Waals surface area contributed by atoms with Gasteiger partial charge in [-0.05, 0) is 22.3 Å². The van der Waals surface area contributed by atoms with Crippen molar-refractivity contribution in [3.8, 4) is 11.1 Å². The van der Waals surface area contributed by atoms with Gasteiger partial charge in [0, 0.05) is 12.5 Å². The lowest BCUT2D eigenvalue weighted by Crippen LogP contribution is -2.29. The first-order chi connectivity index (χ1) is 21.8. The molecule has 2 aromatic rings. The Hall–Kier alpha value is -3.03. The first kappa shape index (κ1) is 35.4. The van der Waals surface area contributed by atoms with Gasteiger partial charge in [0.05, 0.1) is 98.8 Å². The van der Waals surface area contributed by atoms with Crippen LogP contribution in [0.4, 0.5) is 4.79 Å². The molecular formula is C33H47NO10. The molecule has 11 heteroatoms. The number of amides is 1. The predicted octanol–water partition coefficient (Wildman–Crippen LogP) is 3.80. The third-order valence-corrected chi connectivity index (χ3v) is 6.55. The maximum absolute atomic E-state index is 12.2. The third kappa shape index (κ3) is 14.2. The van der Waals surface area contributed by atoms with E-state index in [2.05, 4.69) is 36.2 Å². The summed E-state index contributed by atoms with van der Waals surface area (Å²) in [5.74, 6) is 0.0418. The highest BCUT2D eigenvalue weighted by Crippen LogP contribution is 2.44. The monoisotopic (exact) mass is 617 g/mol. The van der Waals surface area contributed by atoms with Gasteiger partial charge < -0.3 is 47.9 Å². The summed E-state index contributed by atoms with van der Waals surface area (Å²) >= 11 is 0. The summed E-state index contributed by atoms with van der Waals surface area (Å²) in [6.45, 7) is 11.4. The van der Waals surface area contributed by atoms with Crippen LogP contribution in [0.25, 0.3) is 11.1 Å². The van der Waals surface area contributed by atoms with E-state index in [4.69, 9.17) is 42.6 Å². The number of hydrogen-bond acceptors (Lipinski definition) is 10. The molecule has 1 N–H and O–H groups in total. The Morgan fingerprint density at radius 2 is 0.977 bits per heavy atom. The molecule has 2 aromatic carbocycles. The van der Waals surface area contributed by atoms with E-state index in [9.17, 15) is 4.79 Å². The van der Waals surface area contributed by atoms with Crippen LogP contribution in [-0.2, 0) is 42.6 Å². The quantitative estimate of drug-likeness (QED) is 0.117. The molecular weight excluding hydrogens is 570 g/mol. The van der Waals surface area contributed by atoms with Gasteiger partial charge in [-0.3, -0.25) is 0 Å². The van der Waals surface area contributed by atoms with Crippen LogP contribution in [-0.4, -0.2) is 118 Å². The van der Waals surface area contributed by atoms with Gasteiger partial charge in [-0.25, -0.2) is 4.79 Å². The van der Waals surface area contributed by atoms with Crippen LogP contribution in [0.3, 0.4) is 0 Å².